The molecule has 1 aliphatic rings. The van der Waals surface area contributed by atoms with Crippen molar-refractivity contribution in [2.75, 3.05) is 26.3 Å². The van der Waals surface area contributed by atoms with Crippen molar-refractivity contribution in [2.24, 2.45) is 5.41 Å². The summed E-state index contributed by atoms with van der Waals surface area (Å²) in [5.41, 5.74) is -0.753. The molecule has 1 fully saturated rings. The van der Waals surface area contributed by atoms with Gasteiger partial charge in [-0.15, -0.1) is 0 Å². The molecule has 1 aliphatic heterocycles. The third kappa shape index (κ3) is 1.91. The quantitative estimate of drug-likeness (QED) is 0.551. The molecule has 0 radical (unpaired) electrons. The van der Waals surface area contributed by atoms with Crippen LogP contribution in [0.1, 0.15) is 6.92 Å². The van der Waals surface area contributed by atoms with Gasteiger partial charge in [-0.2, -0.15) is 0 Å². The fraction of sp³-hybridized carbons (Fsp3) is 0.857. The molecule has 0 bridgehead atoms. The summed E-state index contributed by atoms with van der Waals surface area (Å²) in [6, 6.07) is 0. The maximum atomic E-state index is 10.7. The lowest BCUT2D eigenvalue weighted by atomic mass is 9.92. The van der Waals surface area contributed by atoms with E-state index in [0.717, 1.165) is 6.54 Å². The fourth-order valence-electron chi connectivity index (χ4n) is 0.994. The van der Waals surface area contributed by atoms with Crippen LogP contribution in [0.5, 0.6) is 0 Å². The lowest BCUT2D eigenvalue weighted by Crippen LogP contribution is -2.39. The summed E-state index contributed by atoms with van der Waals surface area (Å²) in [4.78, 5) is 10.7. The molecule has 0 aromatic rings. The Balaban J connectivity index is 2.59. The number of hydrogen-bond donors (Lipinski definition) is 2. The maximum absolute atomic E-state index is 10.7. The number of ether oxygens (including phenoxy) is 1. The average Bonchev–Trinajstić information content (AvgIpc) is 2.15. The van der Waals surface area contributed by atoms with E-state index in [0.29, 0.717) is 19.8 Å². The molecular formula is C7H13NO3. The Hall–Kier alpha value is -0.610. The zero-order valence-electron chi connectivity index (χ0n) is 6.59. The highest BCUT2D eigenvalue weighted by atomic mass is 16.5. The summed E-state index contributed by atoms with van der Waals surface area (Å²) >= 11 is 0. The van der Waals surface area contributed by atoms with Crippen molar-refractivity contribution in [3.05, 3.63) is 0 Å². The van der Waals surface area contributed by atoms with Crippen molar-refractivity contribution >= 4 is 5.97 Å². The molecule has 0 saturated carbocycles. The van der Waals surface area contributed by atoms with Crippen molar-refractivity contribution in [2.45, 2.75) is 6.92 Å². The SMILES string of the molecule is C[C@@]1(C(=O)O)CNCCOC1. The number of nitrogens with one attached hydrogen (secondary N) is 1. The van der Waals surface area contributed by atoms with E-state index in [4.69, 9.17) is 9.84 Å². The van der Waals surface area contributed by atoms with Crippen molar-refractivity contribution in [1.29, 1.82) is 0 Å². The van der Waals surface area contributed by atoms with Gasteiger partial charge in [0.05, 0.1) is 13.2 Å². The minimum absolute atomic E-state index is 0.301. The minimum atomic E-state index is -0.799. The van der Waals surface area contributed by atoms with E-state index in [1.807, 2.05) is 0 Å². The molecule has 11 heavy (non-hydrogen) atoms. The number of rotatable bonds is 1. The highest BCUT2D eigenvalue weighted by Crippen LogP contribution is 2.17. The Morgan fingerprint density at radius 2 is 2.45 bits per heavy atom. The molecule has 1 heterocycles. The van der Waals surface area contributed by atoms with Crippen LogP contribution in [0.2, 0.25) is 0 Å². The molecule has 4 nitrogen and oxygen atoms in total. The number of hydrogen-bond acceptors (Lipinski definition) is 3. The molecule has 4 heteroatoms. The predicted molar refractivity (Wildman–Crippen MR) is 39.4 cm³/mol. The van der Waals surface area contributed by atoms with Gasteiger partial charge in [0.25, 0.3) is 0 Å². The molecule has 0 amide bonds. The van der Waals surface area contributed by atoms with Crippen LogP contribution in [0.4, 0.5) is 0 Å². The van der Waals surface area contributed by atoms with Gasteiger partial charge in [-0.1, -0.05) is 0 Å². The first-order valence-corrected chi connectivity index (χ1v) is 3.67. The van der Waals surface area contributed by atoms with Crippen molar-refractivity contribution in [1.82, 2.24) is 5.32 Å². The van der Waals surface area contributed by atoms with E-state index in [2.05, 4.69) is 5.32 Å². The highest BCUT2D eigenvalue weighted by molar-refractivity contribution is 5.74. The molecule has 0 aromatic carbocycles. The van der Waals surface area contributed by atoms with Gasteiger partial charge >= 0.3 is 5.97 Å². The zero-order chi connectivity index (χ0) is 8.32. The molecule has 1 rings (SSSR count). The van der Waals surface area contributed by atoms with Gasteiger partial charge in [0.15, 0.2) is 0 Å². The molecule has 1 saturated heterocycles. The van der Waals surface area contributed by atoms with Crippen LogP contribution in [0.25, 0.3) is 0 Å². The normalized spacial score (nSPS) is 32.8. The summed E-state index contributed by atoms with van der Waals surface area (Å²) in [5.74, 6) is -0.799. The van der Waals surface area contributed by atoms with Gasteiger partial charge < -0.3 is 15.2 Å². The van der Waals surface area contributed by atoms with Crippen molar-refractivity contribution in [3.8, 4) is 0 Å². The number of carbonyl (C=O) groups is 1. The second-order valence-electron chi connectivity index (χ2n) is 3.10. The van der Waals surface area contributed by atoms with Crippen LogP contribution < -0.4 is 5.32 Å². The standard InChI is InChI=1S/C7H13NO3/c1-7(6(9)10)4-8-2-3-11-5-7/h8H,2-5H2,1H3,(H,9,10)/t7-/m1/s1. The van der Waals surface area contributed by atoms with E-state index in [1.54, 1.807) is 6.92 Å². The monoisotopic (exact) mass is 159 g/mol. The van der Waals surface area contributed by atoms with E-state index >= 15 is 0 Å². The van der Waals surface area contributed by atoms with E-state index in [9.17, 15) is 4.79 Å². The maximum Gasteiger partial charge on any atom is 0.313 e. The zero-order valence-corrected chi connectivity index (χ0v) is 6.59. The third-order valence-corrected chi connectivity index (χ3v) is 1.88. The Kier molecular flexibility index (Phi) is 2.46. The van der Waals surface area contributed by atoms with Gasteiger partial charge in [0.2, 0.25) is 0 Å². The van der Waals surface area contributed by atoms with Crippen LogP contribution >= 0.6 is 0 Å². The fourth-order valence-corrected chi connectivity index (χ4v) is 0.994. The average molecular weight is 159 g/mol. The summed E-state index contributed by atoms with van der Waals surface area (Å²) < 4.78 is 5.13. The minimum Gasteiger partial charge on any atom is -0.481 e. The second kappa shape index (κ2) is 3.19. The Morgan fingerprint density at radius 3 is 3.09 bits per heavy atom. The Bertz CT molecular complexity index is 150. The summed E-state index contributed by atoms with van der Waals surface area (Å²) in [7, 11) is 0. The predicted octanol–water partition coefficient (Wildman–Crippen LogP) is -0.303. The van der Waals surface area contributed by atoms with Gasteiger partial charge in [0.1, 0.15) is 5.41 Å². The van der Waals surface area contributed by atoms with Crippen LogP contribution in [0.15, 0.2) is 0 Å². The molecule has 1 atom stereocenters. The molecule has 0 aromatic heterocycles. The summed E-state index contributed by atoms with van der Waals surface area (Å²) in [6.45, 7) is 3.82. The lowest BCUT2D eigenvalue weighted by Gasteiger charge is -2.20. The molecule has 0 unspecified atom stereocenters. The van der Waals surface area contributed by atoms with Crippen LogP contribution in [-0.2, 0) is 9.53 Å². The highest BCUT2D eigenvalue weighted by Gasteiger charge is 2.34. The molecule has 0 spiro atoms. The molecule has 2 N–H and O–H groups in total. The molecule has 64 valence electrons. The molecule has 0 aliphatic carbocycles. The second-order valence-corrected chi connectivity index (χ2v) is 3.10. The van der Waals surface area contributed by atoms with E-state index in [1.165, 1.54) is 0 Å². The summed E-state index contributed by atoms with van der Waals surface area (Å²) in [6.07, 6.45) is 0. The van der Waals surface area contributed by atoms with E-state index in [-0.39, 0.29) is 0 Å². The number of carboxylic acids is 1. The number of aliphatic carboxylic acids is 1. The first-order chi connectivity index (χ1) is 5.15. The van der Waals surface area contributed by atoms with Crippen molar-refractivity contribution < 1.29 is 14.6 Å². The molecular weight excluding hydrogens is 146 g/mol. The third-order valence-electron chi connectivity index (χ3n) is 1.88. The Morgan fingerprint density at radius 1 is 1.73 bits per heavy atom. The van der Waals surface area contributed by atoms with E-state index < -0.39 is 11.4 Å². The largest absolute Gasteiger partial charge is 0.481 e. The first-order valence-electron chi connectivity index (χ1n) is 3.67. The van der Waals surface area contributed by atoms with Gasteiger partial charge in [-0.25, -0.2) is 0 Å². The van der Waals surface area contributed by atoms with Gasteiger partial charge in [-0.05, 0) is 6.92 Å². The topological polar surface area (TPSA) is 58.6 Å². The summed E-state index contributed by atoms with van der Waals surface area (Å²) in [5, 5.41) is 11.8. The smallest absolute Gasteiger partial charge is 0.313 e. The Labute approximate surface area is 65.5 Å². The van der Waals surface area contributed by atoms with Crippen molar-refractivity contribution in [3.63, 3.8) is 0 Å². The number of carboxylic acid groups (broad SMARTS) is 1. The van der Waals surface area contributed by atoms with Crippen LogP contribution in [-0.4, -0.2) is 37.4 Å². The first kappa shape index (κ1) is 8.49. The van der Waals surface area contributed by atoms with Gasteiger partial charge in [0, 0.05) is 13.1 Å². The van der Waals surface area contributed by atoms with Crippen LogP contribution in [0, 0.1) is 5.41 Å². The van der Waals surface area contributed by atoms with Gasteiger partial charge in [-0.3, -0.25) is 4.79 Å². The lowest BCUT2D eigenvalue weighted by molar-refractivity contribution is -0.150. The van der Waals surface area contributed by atoms with Crippen LogP contribution in [0.3, 0.4) is 0 Å².